The van der Waals surface area contributed by atoms with E-state index in [9.17, 15) is 4.79 Å². The van der Waals surface area contributed by atoms with Crippen molar-refractivity contribution in [3.05, 3.63) is 48.3 Å². The molecule has 0 unspecified atom stereocenters. The van der Waals surface area contributed by atoms with Crippen LogP contribution in [0.1, 0.15) is 37.3 Å². The Bertz CT molecular complexity index is 704. The minimum Gasteiger partial charge on any atom is -0.487 e. The minimum absolute atomic E-state index is 0.134. The second-order valence-corrected chi connectivity index (χ2v) is 6.73. The molecule has 0 N–H and O–H groups in total. The van der Waals surface area contributed by atoms with Crippen LogP contribution in [-0.4, -0.2) is 40.0 Å². The highest BCUT2D eigenvalue weighted by Crippen LogP contribution is 2.35. The summed E-state index contributed by atoms with van der Waals surface area (Å²) in [6.45, 7) is 1.64. The Morgan fingerprint density at radius 1 is 1.12 bits per heavy atom. The SMILES string of the molecule is O=C(OCc1ccccc1)N1CCC(Oc2cnn(C3CC3)c2)CC1. The number of aromatic nitrogens is 2. The van der Waals surface area contributed by atoms with Gasteiger partial charge in [0.1, 0.15) is 12.7 Å². The summed E-state index contributed by atoms with van der Waals surface area (Å²) in [5.74, 6) is 0.831. The van der Waals surface area contributed by atoms with Gasteiger partial charge >= 0.3 is 6.09 Å². The molecule has 25 heavy (non-hydrogen) atoms. The number of amides is 1. The fourth-order valence-corrected chi connectivity index (χ4v) is 3.08. The molecule has 6 heteroatoms. The lowest BCUT2D eigenvalue weighted by Gasteiger charge is -2.31. The Labute approximate surface area is 147 Å². The lowest BCUT2D eigenvalue weighted by molar-refractivity contribution is 0.0638. The first-order valence-electron chi connectivity index (χ1n) is 8.94. The number of piperidine rings is 1. The lowest BCUT2D eigenvalue weighted by atomic mass is 10.1. The summed E-state index contributed by atoms with van der Waals surface area (Å²) in [4.78, 5) is 13.9. The third-order valence-electron chi connectivity index (χ3n) is 4.71. The van der Waals surface area contributed by atoms with E-state index in [1.165, 1.54) is 12.8 Å². The van der Waals surface area contributed by atoms with Crippen LogP contribution >= 0.6 is 0 Å². The van der Waals surface area contributed by atoms with E-state index in [0.717, 1.165) is 24.2 Å². The molecule has 2 heterocycles. The summed E-state index contributed by atoms with van der Waals surface area (Å²) < 4.78 is 13.4. The van der Waals surface area contributed by atoms with Crippen molar-refractivity contribution < 1.29 is 14.3 Å². The van der Waals surface area contributed by atoms with Crippen molar-refractivity contribution in [2.24, 2.45) is 0 Å². The van der Waals surface area contributed by atoms with Gasteiger partial charge in [-0.3, -0.25) is 4.68 Å². The molecule has 2 aliphatic rings. The number of hydrogen-bond acceptors (Lipinski definition) is 4. The van der Waals surface area contributed by atoms with Gasteiger partial charge in [-0.25, -0.2) is 4.79 Å². The molecule has 1 saturated heterocycles. The average molecular weight is 341 g/mol. The normalized spacial score (nSPS) is 18.2. The topological polar surface area (TPSA) is 56.6 Å². The number of ether oxygens (including phenoxy) is 2. The molecular weight excluding hydrogens is 318 g/mol. The summed E-state index contributed by atoms with van der Waals surface area (Å²) in [5, 5.41) is 4.35. The first-order valence-corrected chi connectivity index (χ1v) is 8.94. The van der Waals surface area contributed by atoms with E-state index in [0.29, 0.717) is 25.7 Å². The van der Waals surface area contributed by atoms with Gasteiger partial charge in [-0.1, -0.05) is 30.3 Å². The van der Waals surface area contributed by atoms with Crippen molar-refractivity contribution in [3.63, 3.8) is 0 Å². The summed E-state index contributed by atoms with van der Waals surface area (Å²) in [6.07, 6.45) is 7.72. The van der Waals surface area contributed by atoms with Crippen molar-refractivity contribution >= 4 is 6.09 Å². The second-order valence-electron chi connectivity index (χ2n) is 6.73. The van der Waals surface area contributed by atoms with Crippen molar-refractivity contribution in [3.8, 4) is 5.75 Å². The van der Waals surface area contributed by atoms with Gasteiger partial charge < -0.3 is 14.4 Å². The van der Waals surface area contributed by atoms with E-state index in [4.69, 9.17) is 9.47 Å². The Balaban J connectivity index is 1.21. The zero-order valence-electron chi connectivity index (χ0n) is 14.2. The number of benzene rings is 1. The molecule has 6 nitrogen and oxygen atoms in total. The van der Waals surface area contributed by atoms with E-state index in [1.54, 1.807) is 11.1 Å². The number of carbonyl (C=O) groups excluding carboxylic acids is 1. The van der Waals surface area contributed by atoms with Crippen molar-refractivity contribution in [1.82, 2.24) is 14.7 Å². The van der Waals surface area contributed by atoms with Gasteiger partial charge in [-0.05, 0) is 18.4 Å². The number of nitrogens with zero attached hydrogens (tertiary/aromatic N) is 3. The van der Waals surface area contributed by atoms with E-state index in [-0.39, 0.29) is 12.2 Å². The standard InChI is InChI=1S/C19H23N3O3/c23-19(24-14-15-4-2-1-3-5-15)21-10-8-17(9-11-21)25-18-12-20-22(13-18)16-6-7-16/h1-5,12-13,16-17H,6-11,14H2. The number of rotatable bonds is 5. The molecule has 4 rings (SSSR count). The van der Waals surface area contributed by atoms with E-state index < -0.39 is 0 Å². The molecule has 1 aromatic heterocycles. The molecule has 1 amide bonds. The summed E-state index contributed by atoms with van der Waals surface area (Å²) in [7, 11) is 0. The van der Waals surface area contributed by atoms with Crippen LogP contribution in [0.5, 0.6) is 5.75 Å². The van der Waals surface area contributed by atoms with Crippen LogP contribution in [0.3, 0.4) is 0 Å². The Kier molecular flexibility index (Phi) is 4.59. The zero-order valence-corrected chi connectivity index (χ0v) is 14.2. The zero-order chi connectivity index (χ0) is 17.1. The highest BCUT2D eigenvalue weighted by molar-refractivity contribution is 5.67. The number of hydrogen-bond donors (Lipinski definition) is 0. The highest BCUT2D eigenvalue weighted by atomic mass is 16.6. The van der Waals surface area contributed by atoms with Crippen molar-refractivity contribution in [2.45, 2.75) is 44.4 Å². The molecule has 0 bridgehead atoms. The second kappa shape index (κ2) is 7.17. The largest absolute Gasteiger partial charge is 0.487 e. The molecule has 0 atom stereocenters. The summed E-state index contributed by atoms with van der Waals surface area (Å²) in [5.41, 5.74) is 1.00. The maximum atomic E-state index is 12.2. The fraction of sp³-hybridized carbons (Fsp3) is 0.474. The first kappa shape index (κ1) is 16.0. The quantitative estimate of drug-likeness (QED) is 0.836. The Hall–Kier alpha value is -2.50. The first-order chi connectivity index (χ1) is 12.3. The van der Waals surface area contributed by atoms with Gasteiger partial charge in [0.25, 0.3) is 0 Å². The molecule has 1 aliphatic heterocycles. The summed E-state index contributed by atoms with van der Waals surface area (Å²) >= 11 is 0. The summed E-state index contributed by atoms with van der Waals surface area (Å²) in [6, 6.07) is 10.3. The molecule has 132 valence electrons. The predicted octanol–water partition coefficient (Wildman–Crippen LogP) is 3.40. The van der Waals surface area contributed by atoms with Gasteiger partial charge in [0, 0.05) is 25.9 Å². The molecule has 2 fully saturated rings. The minimum atomic E-state index is -0.246. The van der Waals surface area contributed by atoms with Crippen LogP contribution in [0.4, 0.5) is 4.79 Å². The van der Waals surface area contributed by atoms with E-state index in [1.807, 2.05) is 41.2 Å². The Morgan fingerprint density at radius 3 is 2.60 bits per heavy atom. The molecule has 1 aromatic carbocycles. The van der Waals surface area contributed by atoms with Crippen LogP contribution in [0, 0.1) is 0 Å². The molecule has 1 saturated carbocycles. The molecular formula is C19H23N3O3. The van der Waals surface area contributed by atoms with Crippen LogP contribution in [-0.2, 0) is 11.3 Å². The van der Waals surface area contributed by atoms with Gasteiger partial charge in [0.2, 0.25) is 0 Å². The van der Waals surface area contributed by atoms with Gasteiger partial charge in [0.15, 0.2) is 5.75 Å². The van der Waals surface area contributed by atoms with Gasteiger partial charge in [-0.15, -0.1) is 0 Å². The van der Waals surface area contributed by atoms with Crippen LogP contribution < -0.4 is 4.74 Å². The smallest absolute Gasteiger partial charge is 0.410 e. The third-order valence-corrected chi connectivity index (χ3v) is 4.71. The van der Waals surface area contributed by atoms with Gasteiger partial charge in [0.05, 0.1) is 18.4 Å². The molecule has 0 radical (unpaired) electrons. The maximum absolute atomic E-state index is 12.2. The van der Waals surface area contributed by atoms with Gasteiger partial charge in [-0.2, -0.15) is 5.10 Å². The van der Waals surface area contributed by atoms with E-state index in [2.05, 4.69) is 5.10 Å². The van der Waals surface area contributed by atoms with Crippen LogP contribution in [0.15, 0.2) is 42.7 Å². The monoisotopic (exact) mass is 341 g/mol. The fourth-order valence-electron chi connectivity index (χ4n) is 3.08. The van der Waals surface area contributed by atoms with E-state index >= 15 is 0 Å². The van der Waals surface area contributed by atoms with Crippen molar-refractivity contribution in [2.75, 3.05) is 13.1 Å². The maximum Gasteiger partial charge on any atom is 0.410 e. The molecule has 0 spiro atoms. The molecule has 2 aromatic rings. The number of likely N-dealkylation sites (tertiary alicyclic amines) is 1. The third kappa shape index (κ3) is 4.13. The van der Waals surface area contributed by atoms with Crippen LogP contribution in [0.2, 0.25) is 0 Å². The predicted molar refractivity (Wildman–Crippen MR) is 92.3 cm³/mol. The average Bonchev–Trinajstić information content (AvgIpc) is 3.41. The van der Waals surface area contributed by atoms with Crippen molar-refractivity contribution in [1.29, 1.82) is 0 Å². The lowest BCUT2D eigenvalue weighted by Crippen LogP contribution is -2.42. The van der Waals surface area contributed by atoms with Crippen LogP contribution in [0.25, 0.3) is 0 Å². The highest BCUT2D eigenvalue weighted by Gasteiger charge is 2.27. The molecule has 1 aliphatic carbocycles. The number of carbonyl (C=O) groups is 1. The Morgan fingerprint density at radius 2 is 1.88 bits per heavy atom.